The van der Waals surface area contributed by atoms with Gasteiger partial charge in [-0.2, -0.15) is 0 Å². The van der Waals surface area contributed by atoms with Crippen LogP contribution in [0.25, 0.3) is 11.4 Å². The molecule has 8 heteroatoms. The maximum atomic E-state index is 13.6. The SMILES string of the molecule is O=C(CSc1nnc(-c2ccccc2)n1Cc1ccco1)N1c2ccccc2Sc2ccccc21. The van der Waals surface area contributed by atoms with Crippen LogP contribution in [0.4, 0.5) is 11.4 Å². The number of para-hydroxylation sites is 2. The van der Waals surface area contributed by atoms with Crippen LogP contribution in [-0.4, -0.2) is 26.4 Å². The van der Waals surface area contributed by atoms with Gasteiger partial charge in [-0.15, -0.1) is 10.2 Å². The Morgan fingerprint density at radius 1 is 0.829 bits per heavy atom. The molecule has 1 amide bonds. The van der Waals surface area contributed by atoms with Crippen molar-refractivity contribution >= 4 is 40.8 Å². The number of hydrogen-bond acceptors (Lipinski definition) is 6. The Hall–Kier alpha value is -3.75. The normalized spacial score (nSPS) is 12.3. The van der Waals surface area contributed by atoms with Crippen molar-refractivity contribution in [2.45, 2.75) is 21.5 Å². The summed E-state index contributed by atoms with van der Waals surface area (Å²) in [6.07, 6.45) is 1.65. The highest BCUT2D eigenvalue weighted by Crippen LogP contribution is 2.48. The Labute approximate surface area is 211 Å². The van der Waals surface area contributed by atoms with Gasteiger partial charge in [0.05, 0.1) is 29.9 Å². The van der Waals surface area contributed by atoms with E-state index in [4.69, 9.17) is 4.42 Å². The van der Waals surface area contributed by atoms with E-state index in [0.717, 1.165) is 38.3 Å². The van der Waals surface area contributed by atoms with Gasteiger partial charge >= 0.3 is 0 Å². The molecule has 0 N–H and O–H groups in total. The van der Waals surface area contributed by atoms with Gasteiger partial charge in [-0.1, -0.05) is 78.1 Å². The van der Waals surface area contributed by atoms with Crippen molar-refractivity contribution in [2.75, 3.05) is 10.7 Å². The first-order valence-corrected chi connectivity index (χ1v) is 12.9. The molecule has 0 fully saturated rings. The van der Waals surface area contributed by atoms with Gasteiger partial charge in [-0.3, -0.25) is 14.3 Å². The van der Waals surface area contributed by atoms with Gasteiger partial charge in [0.1, 0.15) is 5.76 Å². The number of anilines is 2. The second-order valence-electron chi connectivity index (χ2n) is 7.89. The first kappa shape index (κ1) is 21.8. The molecule has 3 heterocycles. The molecule has 3 aromatic carbocycles. The van der Waals surface area contributed by atoms with Gasteiger partial charge in [0.25, 0.3) is 0 Å². The maximum Gasteiger partial charge on any atom is 0.242 e. The largest absolute Gasteiger partial charge is 0.467 e. The number of carbonyl (C=O) groups is 1. The van der Waals surface area contributed by atoms with Crippen LogP contribution in [-0.2, 0) is 11.3 Å². The lowest BCUT2D eigenvalue weighted by Crippen LogP contribution is -2.30. The number of furan rings is 1. The van der Waals surface area contributed by atoms with Gasteiger partial charge in [-0.05, 0) is 36.4 Å². The smallest absolute Gasteiger partial charge is 0.242 e. The van der Waals surface area contributed by atoms with E-state index in [2.05, 4.69) is 22.3 Å². The van der Waals surface area contributed by atoms with Crippen molar-refractivity contribution in [3.05, 3.63) is 103 Å². The summed E-state index contributed by atoms with van der Waals surface area (Å²) in [7, 11) is 0. The van der Waals surface area contributed by atoms with Crippen LogP contribution >= 0.6 is 23.5 Å². The third kappa shape index (κ3) is 4.26. The third-order valence-electron chi connectivity index (χ3n) is 5.65. The zero-order valence-corrected chi connectivity index (χ0v) is 20.2. The molecule has 2 aromatic heterocycles. The number of hydrogen-bond donors (Lipinski definition) is 0. The Kier molecular flexibility index (Phi) is 5.89. The molecule has 0 saturated heterocycles. The average molecular weight is 497 g/mol. The Morgan fingerprint density at radius 2 is 1.51 bits per heavy atom. The van der Waals surface area contributed by atoms with Crippen LogP contribution in [0.2, 0.25) is 0 Å². The van der Waals surface area contributed by atoms with E-state index in [9.17, 15) is 4.79 Å². The second kappa shape index (κ2) is 9.48. The third-order valence-corrected chi connectivity index (χ3v) is 7.73. The summed E-state index contributed by atoms with van der Waals surface area (Å²) in [5.74, 6) is 1.75. The van der Waals surface area contributed by atoms with E-state index < -0.39 is 0 Å². The van der Waals surface area contributed by atoms with Gasteiger partial charge < -0.3 is 4.42 Å². The molecule has 0 spiro atoms. The molecule has 1 aliphatic rings. The number of fused-ring (bicyclic) bond motifs is 2. The number of benzene rings is 3. The number of nitrogens with zero attached hydrogens (tertiary/aromatic N) is 4. The fourth-order valence-corrected chi connectivity index (χ4v) is 5.91. The van der Waals surface area contributed by atoms with Crippen LogP contribution in [0.15, 0.2) is 117 Å². The predicted molar refractivity (Wildman–Crippen MR) is 138 cm³/mol. The summed E-state index contributed by atoms with van der Waals surface area (Å²) in [5, 5.41) is 9.56. The van der Waals surface area contributed by atoms with E-state index in [0.29, 0.717) is 11.7 Å². The van der Waals surface area contributed by atoms with Crippen LogP contribution in [0.5, 0.6) is 0 Å². The molecule has 1 aliphatic heterocycles. The van der Waals surface area contributed by atoms with Crippen LogP contribution in [0, 0.1) is 0 Å². The first-order chi connectivity index (χ1) is 17.3. The minimum Gasteiger partial charge on any atom is -0.467 e. The molecule has 0 saturated carbocycles. The van der Waals surface area contributed by atoms with Crippen molar-refractivity contribution in [1.29, 1.82) is 0 Å². The minimum absolute atomic E-state index is 0.0102. The fraction of sp³-hybridized carbons (Fsp3) is 0.0741. The van der Waals surface area contributed by atoms with Crippen LogP contribution < -0.4 is 4.90 Å². The molecule has 0 radical (unpaired) electrons. The molecule has 6 rings (SSSR count). The number of rotatable bonds is 6. The van der Waals surface area contributed by atoms with Gasteiger partial charge in [-0.25, -0.2) is 0 Å². The molecule has 5 aromatic rings. The van der Waals surface area contributed by atoms with E-state index >= 15 is 0 Å². The number of thioether (sulfide) groups is 1. The molecule has 0 atom stereocenters. The highest BCUT2D eigenvalue weighted by molar-refractivity contribution is 8.00. The highest BCUT2D eigenvalue weighted by Gasteiger charge is 2.28. The van der Waals surface area contributed by atoms with Gasteiger partial charge in [0.2, 0.25) is 5.91 Å². The van der Waals surface area contributed by atoms with Crippen molar-refractivity contribution in [1.82, 2.24) is 14.8 Å². The summed E-state index contributed by atoms with van der Waals surface area (Å²) in [6.45, 7) is 0.479. The lowest BCUT2D eigenvalue weighted by molar-refractivity contribution is -0.115. The maximum absolute atomic E-state index is 13.6. The molecule has 0 aliphatic carbocycles. The highest BCUT2D eigenvalue weighted by atomic mass is 32.2. The van der Waals surface area contributed by atoms with Crippen LogP contribution in [0.3, 0.4) is 0 Å². The Morgan fingerprint density at radius 3 is 2.20 bits per heavy atom. The number of carbonyl (C=O) groups excluding carboxylic acids is 1. The quantitative estimate of drug-likeness (QED) is 0.250. The summed E-state index contributed by atoms with van der Waals surface area (Å²) in [5.41, 5.74) is 2.77. The molecule has 6 nitrogen and oxygen atoms in total. The lowest BCUT2D eigenvalue weighted by atomic mass is 10.2. The Balaban J connectivity index is 1.31. The zero-order valence-electron chi connectivity index (χ0n) is 18.6. The molecule has 172 valence electrons. The van der Waals surface area contributed by atoms with Crippen molar-refractivity contribution in [3.63, 3.8) is 0 Å². The predicted octanol–water partition coefficient (Wildman–Crippen LogP) is 6.51. The second-order valence-corrected chi connectivity index (χ2v) is 9.92. The summed E-state index contributed by atoms with van der Waals surface area (Å²) >= 11 is 3.07. The lowest BCUT2D eigenvalue weighted by Gasteiger charge is -2.30. The molecular formula is C27H20N4O2S2. The number of amides is 1. The number of aromatic nitrogens is 3. The fourth-order valence-electron chi connectivity index (χ4n) is 4.06. The monoisotopic (exact) mass is 496 g/mol. The van der Waals surface area contributed by atoms with Crippen LogP contribution in [0.1, 0.15) is 5.76 Å². The van der Waals surface area contributed by atoms with E-state index in [1.807, 2.05) is 88.3 Å². The standard InChI is InChI=1S/C27H20N4O2S2/c32-25(31-21-12-4-6-14-23(21)35-24-15-7-5-13-22(24)31)18-34-27-29-28-26(19-9-2-1-3-10-19)30(27)17-20-11-8-16-33-20/h1-16H,17-18H2. The van der Waals surface area contributed by atoms with Crippen molar-refractivity contribution < 1.29 is 9.21 Å². The van der Waals surface area contributed by atoms with E-state index in [1.54, 1.807) is 18.0 Å². The molecule has 35 heavy (non-hydrogen) atoms. The summed E-state index contributed by atoms with van der Waals surface area (Å²) in [6, 6.07) is 29.7. The van der Waals surface area contributed by atoms with E-state index in [1.165, 1.54) is 11.8 Å². The molecular weight excluding hydrogens is 476 g/mol. The molecule has 0 bridgehead atoms. The van der Waals surface area contributed by atoms with E-state index in [-0.39, 0.29) is 11.7 Å². The van der Waals surface area contributed by atoms with Gasteiger partial charge in [0, 0.05) is 15.4 Å². The topological polar surface area (TPSA) is 64.2 Å². The van der Waals surface area contributed by atoms with Gasteiger partial charge in [0.15, 0.2) is 11.0 Å². The van der Waals surface area contributed by atoms with Crippen molar-refractivity contribution in [2.24, 2.45) is 0 Å². The average Bonchev–Trinajstić information content (AvgIpc) is 3.56. The Bertz CT molecular complexity index is 1440. The van der Waals surface area contributed by atoms with Crippen molar-refractivity contribution in [3.8, 4) is 11.4 Å². The minimum atomic E-state index is -0.0102. The first-order valence-electron chi connectivity index (χ1n) is 11.1. The molecule has 0 unspecified atom stereocenters. The summed E-state index contributed by atoms with van der Waals surface area (Å²) in [4.78, 5) is 17.6. The summed E-state index contributed by atoms with van der Waals surface area (Å²) < 4.78 is 7.59. The zero-order chi connectivity index (χ0) is 23.6.